The smallest absolute Gasteiger partial charge is 0.277 e. The van der Waals surface area contributed by atoms with E-state index in [1.807, 2.05) is 0 Å². The van der Waals surface area contributed by atoms with Crippen LogP contribution in [0.4, 0.5) is 23.1 Å². The Morgan fingerprint density at radius 2 is 1.91 bits per heavy atom. The highest BCUT2D eigenvalue weighted by Gasteiger charge is 2.24. The summed E-state index contributed by atoms with van der Waals surface area (Å²) in [5.41, 5.74) is 6.77. The summed E-state index contributed by atoms with van der Waals surface area (Å²) in [5, 5.41) is 8.68. The summed E-state index contributed by atoms with van der Waals surface area (Å²) >= 11 is 0. The van der Waals surface area contributed by atoms with Gasteiger partial charge < -0.3 is 31.5 Å². The zero-order valence-corrected chi connectivity index (χ0v) is 19.6. The number of amides is 2. The number of halogens is 1. The van der Waals surface area contributed by atoms with Crippen molar-refractivity contribution >= 4 is 47.4 Å². The molecule has 11 nitrogen and oxygen atoms in total. The van der Waals surface area contributed by atoms with Crippen LogP contribution >= 0.6 is 12.4 Å². The van der Waals surface area contributed by atoms with Crippen molar-refractivity contribution in [3.05, 3.63) is 40.2 Å². The van der Waals surface area contributed by atoms with Gasteiger partial charge in [0.05, 0.1) is 6.67 Å². The lowest BCUT2D eigenvalue weighted by Crippen LogP contribution is -2.34. The molecule has 180 valence electrons. The molecule has 6 N–H and O–H groups in total. The van der Waals surface area contributed by atoms with E-state index in [-0.39, 0.29) is 42.1 Å². The first-order valence-corrected chi connectivity index (χ1v) is 10.7. The van der Waals surface area contributed by atoms with E-state index in [2.05, 4.69) is 44.7 Å². The maximum atomic E-state index is 12.3. The summed E-state index contributed by atoms with van der Waals surface area (Å²) in [6, 6.07) is 6.77. The van der Waals surface area contributed by atoms with Crippen molar-refractivity contribution in [3.8, 4) is 0 Å². The molecule has 1 aliphatic rings. The number of aromatic amines is 1. The Morgan fingerprint density at radius 3 is 2.58 bits per heavy atom. The van der Waals surface area contributed by atoms with E-state index in [0.717, 1.165) is 19.6 Å². The first kappa shape index (κ1) is 25.9. The second kappa shape index (κ2) is 12.1. The summed E-state index contributed by atoms with van der Waals surface area (Å²) in [4.78, 5) is 47.1. The van der Waals surface area contributed by atoms with Crippen molar-refractivity contribution in [3.63, 3.8) is 0 Å². The van der Waals surface area contributed by atoms with E-state index in [1.54, 1.807) is 29.2 Å². The van der Waals surface area contributed by atoms with Crippen LogP contribution < -0.4 is 32.1 Å². The fourth-order valence-electron chi connectivity index (χ4n) is 3.44. The zero-order chi connectivity index (χ0) is 23.1. The lowest BCUT2D eigenvalue weighted by Gasteiger charge is -2.18. The molecular weight excluding hydrogens is 448 g/mol. The third kappa shape index (κ3) is 6.83. The molecule has 0 aliphatic carbocycles. The highest BCUT2D eigenvalue weighted by molar-refractivity contribution is 5.95. The van der Waals surface area contributed by atoms with E-state index in [4.69, 9.17) is 5.73 Å². The topological polar surface area (TPSA) is 148 Å². The van der Waals surface area contributed by atoms with E-state index >= 15 is 0 Å². The molecule has 1 aliphatic heterocycles. The van der Waals surface area contributed by atoms with E-state index in [0.29, 0.717) is 42.5 Å². The van der Waals surface area contributed by atoms with E-state index in [9.17, 15) is 14.4 Å². The minimum Gasteiger partial charge on any atom is -0.369 e. The summed E-state index contributed by atoms with van der Waals surface area (Å²) in [7, 11) is 0. The molecule has 1 aromatic carbocycles. The molecule has 2 heterocycles. The Kier molecular flexibility index (Phi) is 9.49. The number of anilines is 4. The average Bonchev–Trinajstić information content (AvgIpc) is 3.19. The fraction of sp³-hybridized carbons (Fsp3) is 0.429. The number of H-pyrrole nitrogens is 1. The largest absolute Gasteiger partial charge is 0.369 e. The van der Waals surface area contributed by atoms with Gasteiger partial charge in [-0.2, -0.15) is 4.98 Å². The van der Waals surface area contributed by atoms with Gasteiger partial charge in [0.2, 0.25) is 11.9 Å². The molecule has 33 heavy (non-hydrogen) atoms. The quantitative estimate of drug-likeness (QED) is 0.340. The van der Waals surface area contributed by atoms with Crippen LogP contribution in [0.3, 0.4) is 0 Å². The minimum atomic E-state index is -0.336. The Balaban J connectivity index is 0.00000385. The second-order valence-electron chi connectivity index (χ2n) is 7.41. The average molecular weight is 479 g/mol. The monoisotopic (exact) mass is 478 g/mol. The third-order valence-corrected chi connectivity index (χ3v) is 5.31. The standard InChI is InChI=1S/C21H30N8O3.ClH/c1-3-28(4-2)12-10-23-19(31)14-5-7-15(8-6-14)25-16(30)9-11-29-13-24-17-18(29)26-21(22)27-20(17)32;/h5-8,24H,3-4,9-13H2,1-2H3,(H,23,31)(H,25,30)(H3,22,26,27,32);1H. The van der Waals surface area contributed by atoms with Crippen LogP contribution in [0.15, 0.2) is 29.1 Å². The van der Waals surface area contributed by atoms with Crippen molar-refractivity contribution in [2.45, 2.75) is 20.3 Å². The molecule has 12 heteroatoms. The maximum absolute atomic E-state index is 12.3. The molecule has 1 aromatic heterocycles. The Labute approximate surface area is 198 Å². The number of hydrogen-bond acceptors (Lipinski definition) is 8. The number of nitrogen functional groups attached to an aromatic ring is 1. The summed E-state index contributed by atoms with van der Waals surface area (Å²) in [6.07, 6.45) is 0.198. The molecule has 0 spiro atoms. The van der Waals surface area contributed by atoms with Gasteiger partial charge in [0.1, 0.15) is 5.69 Å². The Morgan fingerprint density at radius 1 is 1.21 bits per heavy atom. The van der Waals surface area contributed by atoms with Gasteiger partial charge in [-0.15, -0.1) is 12.4 Å². The number of rotatable bonds is 10. The molecule has 0 saturated carbocycles. The van der Waals surface area contributed by atoms with Gasteiger partial charge in [0, 0.05) is 37.3 Å². The number of likely N-dealkylation sites (N-methyl/N-ethyl adjacent to an activating group) is 1. The number of carbonyl (C=O) groups excluding carboxylic acids is 2. The van der Waals surface area contributed by atoms with E-state index < -0.39 is 0 Å². The molecule has 2 aromatic rings. The van der Waals surface area contributed by atoms with Crippen molar-refractivity contribution < 1.29 is 9.59 Å². The number of hydrogen-bond donors (Lipinski definition) is 5. The molecule has 0 atom stereocenters. The van der Waals surface area contributed by atoms with Crippen molar-refractivity contribution in [2.75, 3.05) is 60.7 Å². The molecule has 0 unspecified atom stereocenters. The summed E-state index contributed by atoms with van der Waals surface area (Å²) in [5.74, 6) is 0.143. The molecule has 2 amide bonds. The van der Waals surface area contributed by atoms with Crippen LogP contribution in [-0.2, 0) is 4.79 Å². The molecular formula is C21H31ClN8O3. The first-order valence-electron chi connectivity index (χ1n) is 10.7. The molecule has 0 bridgehead atoms. The van der Waals surface area contributed by atoms with Crippen LogP contribution in [-0.4, -0.2) is 66.1 Å². The summed E-state index contributed by atoms with van der Waals surface area (Å²) in [6.45, 7) is 8.21. The van der Waals surface area contributed by atoms with Gasteiger partial charge in [-0.25, -0.2) is 0 Å². The number of aromatic nitrogens is 2. The number of nitrogens with zero attached hydrogens (tertiary/aromatic N) is 3. The van der Waals surface area contributed by atoms with Crippen molar-refractivity contribution in [1.29, 1.82) is 0 Å². The van der Waals surface area contributed by atoms with Crippen LogP contribution in [0.1, 0.15) is 30.6 Å². The number of nitrogens with one attached hydrogen (secondary N) is 4. The van der Waals surface area contributed by atoms with Crippen LogP contribution in [0, 0.1) is 0 Å². The van der Waals surface area contributed by atoms with Gasteiger partial charge in [0.15, 0.2) is 5.82 Å². The number of benzene rings is 1. The molecule has 0 fully saturated rings. The molecule has 0 saturated heterocycles. The maximum Gasteiger partial charge on any atom is 0.277 e. The minimum absolute atomic E-state index is 0. The van der Waals surface area contributed by atoms with Crippen LogP contribution in [0.5, 0.6) is 0 Å². The third-order valence-electron chi connectivity index (χ3n) is 5.31. The number of nitrogens with two attached hydrogens (primary N) is 1. The SMILES string of the molecule is CCN(CC)CCNC(=O)c1ccc(NC(=O)CCN2CNc3c2nc(N)[nH]c3=O)cc1.Cl. The molecule has 3 rings (SSSR count). The van der Waals surface area contributed by atoms with Crippen LogP contribution in [0.2, 0.25) is 0 Å². The normalized spacial score (nSPS) is 12.0. The first-order chi connectivity index (χ1) is 15.4. The highest BCUT2D eigenvalue weighted by atomic mass is 35.5. The lowest BCUT2D eigenvalue weighted by molar-refractivity contribution is -0.116. The van der Waals surface area contributed by atoms with Gasteiger partial charge >= 0.3 is 0 Å². The Bertz CT molecular complexity index is 1010. The number of carbonyl (C=O) groups is 2. The van der Waals surface area contributed by atoms with E-state index in [1.165, 1.54) is 0 Å². The molecule has 0 radical (unpaired) electrons. The lowest BCUT2D eigenvalue weighted by atomic mass is 10.2. The van der Waals surface area contributed by atoms with Gasteiger partial charge in [0.25, 0.3) is 11.5 Å². The van der Waals surface area contributed by atoms with Crippen molar-refractivity contribution in [1.82, 2.24) is 20.2 Å². The van der Waals surface area contributed by atoms with Gasteiger partial charge in [-0.1, -0.05) is 13.8 Å². The predicted molar refractivity (Wildman–Crippen MR) is 132 cm³/mol. The zero-order valence-electron chi connectivity index (χ0n) is 18.8. The highest BCUT2D eigenvalue weighted by Crippen LogP contribution is 2.25. The van der Waals surface area contributed by atoms with Gasteiger partial charge in [-0.05, 0) is 37.4 Å². The fourth-order valence-corrected chi connectivity index (χ4v) is 3.44. The Hall–Kier alpha value is -3.31. The number of fused-ring (bicyclic) bond motifs is 1. The van der Waals surface area contributed by atoms with Crippen LogP contribution in [0.25, 0.3) is 0 Å². The van der Waals surface area contributed by atoms with Crippen molar-refractivity contribution in [2.24, 2.45) is 0 Å². The summed E-state index contributed by atoms with van der Waals surface area (Å²) < 4.78 is 0. The van der Waals surface area contributed by atoms with Gasteiger partial charge in [-0.3, -0.25) is 19.4 Å². The second-order valence-corrected chi connectivity index (χ2v) is 7.41. The predicted octanol–water partition coefficient (Wildman–Crippen LogP) is 1.06.